The molecule has 104 valence electrons. The minimum absolute atomic E-state index is 0.204. The van der Waals surface area contributed by atoms with E-state index in [1.807, 2.05) is 19.9 Å². The standard InChI is InChI=1S/C14H17N5O/c1-3-4-11(15)10-8-18-12(7-9(10)2)19-13-14(20)17-6-5-16-13/h5-8,15H,3-4H2,1-2H3,(H,17,20)(H,16,18,19). The van der Waals surface area contributed by atoms with Crippen molar-refractivity contribution in [3.8, 4) is 0 Å². The number of nitrogens with zero attached hydrogens (tertiary/aromatic N) is 2. The van der Waals surface area contributed by atoms with Crippen molar-refractivity contribution in [3.63, 3.8) is 0 Å². The average molecular weight is 271 g/mol. The third-order valence-electron chi connectivity index (χ3n) is 2.89. The largest absolute Gasteiger partial charge is 0.324 e. The molecule has 2 heterocycles. The summed E-state index contributed by atoms with van der Waals surface area (Å²) in [6.45, 7) is 3.97. The van der Waals surface area contributed by atoms with Crippen LogP contribution in [-0.2, 0) is 0 Å². The molecule has 2 aromatic heterocycles. The Morgan fingerprint density at radius 2 is 2.25 bits per heavy atom. The van der Waals surface area contributed by atoms with Crippen LogP contribution in [0.15, 0.2) is 29.5 Å². The van der Waals surface area contributed by atoms with Gasteiger partial charge in [-0.05, 0) is 25.0 Å². The van der Waals surface area contributed by atoms with E-state index in [-0.39, 0.29) is 11.4 Å². The van der Waals surface area contributed by atoms with E-state index in [4.69, 9.17) is 5.41 Å². The maximum absolute atomic E-state index is 11.5. The van der Waals surface area contributed by atoms with Crippen LogP contribution in [0.4, 0.5) is 11.6 Å². The van der Waals surface area contributed by atoms with Gasteiger partial charge in [0.25, 0.3) is 5.56 Å². The van der Waals surface area contributed by atoms with Crippen LogP contribution in [0, 0.1) is 12.3 Å². The summed E-state index contributed by atoms with van der Waals surface area (Å²) in [7, 11) is 0. The molecule has 0 atom stereocenters. The van der Waals surface area contributed by atoms with Gasteiger partial charge in [-0.15, -0.1) is 0 Å². The summed E-state index contributed by atoms with van der Waals surface area (Å²) in [5.74, 6) is 0.746. The van der Waals surface area contributed by atoms with Crippen LogP contribution in [-0.4, -0.2) is 20.7 Å². The van der Waals surface area contributed by atoms with E-state index in [2.05, 4.69) is 20.3 Å². The summed E-state index contributed by atoms with van der Waals surface area (Å²) in [6.07, 6.45) is 6.30. The van der Waals surface area contributed by atoms with Crippen LogP contribution in [0.3, 0.4) is 0 Å². The van der Waals surface area contributed by atoms with Crippen LogP contribution in [0.25, 0.3) is 0 Å². The van der Waals surface area contributed by atoms with Crippen LogP contribution in [0.5, 0.6) is 0 Å². The minimum atomic E-state index is -0.297. The second kappa shape index (κ2) is 6.10. The summed E-state index contributed by atoms with van der Waals surface area (Å²) in [6, 6.07) is 1.81. The van der Waals surface area contributed by atoms with Gasteiger partial charge in [0.15, 0.2) is 5.82 Å². The number of pyridine rings is 1. The molecule has 0 amide bonds. The Balaban J connectivity index is 2.24. The number of aromatic nitrogens is 3. The normalized spacial score (nSPS) is 10.3. The molecule has 6 heteroatoms. The lowest BCUT2D eigenvalue weighted by Crippen LogP contribution is -2.13. The molecule has 0 aliphatic carbocycles. The fourth-order valence-corrected chi connectivity index (χ4v) is 1.89. The second-order valence-corrected chi connectivity index (χ2v) is 4.50. The number of hydrogen-bond acceptors (Lipinski definition) is 5. The molecular formula is C14H17N5O. The predicted molar refractivity (Wildman–Crippen MR) is 78.9 cm³/mol. The van der Waals surface area contributed by atoms with Gasteiger partial charge in [-0.3, -0.25) is 4.79 Å². The van der Waals surface area contributed by atoms with E-state index in [9.17, 15) is 4.79 Å². The van der Waals surface area contributed by atoms with Gasteiger partial charge in [-0.25, -0.2) is 9.97 Å². The summed E-state index contributed by atoms with van der Waals surface area (Å²) in [4.78, 5) is 22.3. The fraction of sp³-hybridized carbons (Fsp3) is 0.286. The van der Waals surface area contributed by atoms with Crippen molar-refractivity contribution in [2.45, 2.75) is 26.7 Å². The molecule has 0 radical (unpaired) electrons. The lowest BCUT2D eigenvalue weighted by Gasteiger charge is -2.09. The highest BCUT2D eigenvalue weighted by Gasteiger charge is 2.08. The Morgan fingerprint density at radius 3 is 2.90 bits per heavy atom. The molecule has 0 saturated carbocycles. The summed E-state index contributed by atoms with van der Waals surface area (Å²) in [5.41, 5.74) is 2.08. The SMILES string of the molecule is CCCC(=N)c1cnc(Nc2ncc[nH]c2=O)cc1C. The zero-order chi connectivity index (χ0) is 14.5. The van der Waals surface area contributed by atoms with Gasteiger partial charge >= 0.3 is 0 Å². The molecule has 0 fully saturated rings. The van der Waals surface area contributed by atoms with Gasteiger partial charge in [-0.2, -0.15) is 0 Å². The third-order valence-corrected chi connectivity index (χ3v) is 2.89. The first-order valence-electron chi connectivity index (χ1n) is 6.47. The minimum Gasteiger partial charge on any atom is -0.324 e. The average Bonchev–Trinajstić information content (AvgIpc) is 2.42. The zero-order valence-electron chi connectivity index (χ0n) is 11.5. The summed E-state index contributed by atoms with van der Waals surface area (Å²) in [5, 5.41) is 10.8. The van der Waals surface area contributed by atoms with Gasteiger partial charge in [0.2, 0.25) is 0 Å². The zero-order valence-corrected chi connectivity index (χ0v) is 11.5. The first kappa shape index (κ1) is 13.9. The predicted octanol–water partition coefficient (Wildman–Crippen LogP) is 2.38. The van der Waals surface area contributed by atoms with E-state index < -0.39 is 0 Å². The van der Waals surface area contributed by atoms with Crippen molar-refractivity contribution in [2.24, 2.45) is 0 Å². The van der Waals surface area contributed by atoms with Crippen molar-refractivity contribution in [3.05, 3.63) is 46.1 Å². The van der Waals surface area contributed by atoms with E-state index in [1.54, 1.807) is 6.20 Å². The van der Waals surface area contributed by atoms with Gasteiger partial charge in [0.05, 0.1) is 0 Å². The highest BCUT2D eigenvalue weighted by molar-refractivity contribution is 5.99. The molecule has 0 spiro atoms. The molecular weight excluding hydrogens is 254 g/mol. The Bertz CT molecular complexity index is 677. The van der Waals surface area contributed by atoms with Gasteiger partial charge in [-0.1, -0.05) is 13.3 Å². The first-order chi connectivity index (χ1) is 9.61. The quantitative estimate of drug-likeness (QED) is 0.728. The molecule has 0 unspecified atom stereocenters. The molecule has 3 N–H and O–H groups in total. The molecule has 6 nitrogen and oxygen atoms in total. The maximum atomic E-state index is 11.5. The van der Waals surface area contributed by atoms with E-state index in [0.29, 0.717) is 11.5 Å². The van der Waals surface area contributed by atoms with Crippen molar-refractivity contribution >= 4 is 17.3 Å². The third kappa shape index (κ3) is 3.09. The van der Waals surface area contributed by atoms with E-state index in [1.165, 1.54) is 12.4 Å². The molecule has 20 heavy (non-hydrogen) atoms. The fourth-order valence-electron chi connectivity index (χ4n) is 1.89. The van der Waals surface area contributed by atoms with Crippen molar-refractivity contribution in [1.29, 1.82) is 5.41 Å². The van der Waals surface area contributed by atoms with Gasteiger partial charge in [0, 0.05) is 29.9 Å². The smallest absolute Gasteiger partial charge is 0.291 e. The van der Waals surface area contributed by atoms with Crippen molar-refractivity contribution < 1.29 is 0 Å². The highest BCUT2D eigenvalue weighted by Crippen LogP contribution is 2.16. The van der Waals surface area contributed by atoms with E-state index >= 15 is 0 Å². The number of H-pyrrole nitrogens is 1. The number of nitrogens with one attached hydrogen (secondary N) is 3. The Morgan fingerprint density at radius 1 is 1.45 bits per heavy atom. The topological polar surface area (TPSA) is 94.5 Å². The number of anilines is 2. The lowest BCUT2D eigenvalue weighted by atomic mass is 10.0. The van der Waals surface area contributed by atoms with Crippen molar-refractivity contribution in [1.82, 2.24) is 15.0 Å². The molecule has 0 aliphatic heterocycles. The van der Waals surface area contributed by atoms with Crippen LogP contribution in [0.2, 0.25) is 0 Å². The molecule has 0 bridgehead atoms. The maximum Gasteiger partial charge on any atom is 0.291 e. The monoisotopic (exact) mass is 271 g/mol. The van der Waals surface area contributed by atoms with Gasteiger partial charge < -0.3 is 15.7 Å². The molecule has 2 aromatic rings. The summed E-state index contributed by atoms with van der Waals surface area (Å²) >= 11 is 0. The van der Waals surface area contributed by atoms with Crippen LogP contribution in [0.1, 0.15) is 30.9 Å². The number of hydrogen-bond donors (Lipinski definition) is 3. The molecule has 0 aromatic carbocycles. The number of rotatable bonds is 5. The summed E-state index contributed by atoms with van der Waals surface area (Å²) < 4.78 is 0. The molecule has 2 rings (SSSR count). The highest BCUT2D eigenvalue weighted by atomic mass is 16.1. The van der Waals surface area contributed by atoms with E-state index in [0.717, 1.165) is 24.0 Å². The number of aromatic amines is 1. The number of aryl methyl sites for hydroxylation is 1. The molecule has 0 saturated heterocycles. The van der Waals surface area contributed by atoms with Crippen LogP contribution >= 0.6 is 0 Å². The van der Waals surface area contributed by atoms with Crippen molar-refractivity contribution in [2.75, 3.05) is 5.32 Å². The first-order valence-corrected chi connectivity index (χ1v) is 6.47. The lowest BCUT2D eigenvalue weighted by molar-refractivity contribution is 0.983. The second-order valence-electron chi connectivity index (χ2n) is 4.50. The Kier molecular flexibility index (Phi) is 4.24. The Labute approximate surface area is 116 Å². The molecule has 0 aliphatic rings. The van der Waals surface area contributed by atoms with Crippen LogP contribution < -0.4 is 10.9 Å². The van der Waals surface area contributed by atoms with Gasteiger partial charge in [0.1, 0.15) is 5.82 Å². The Hall–Kier alpha value is -2.50.